The second kappa shape index (κ2) is 7.29. The number of nitrogen functional groups attached to an aromatic ring is 1. The number of hydrogen-bond acceptors (Lipinski definition) is 7. The summed E-state index contributed by atoms with van der Waals surface area (Å²) in [6, 6.07) is 2.17. The molecule has 2 aromatic heterocycles. The Labute approximate surface area is 164 Å². The smallest absolute Gasteiger partial charge is 0.384 e. The molecule has 4 rings (SSSR count). The molecule has 0 saturated carbocycles. The van der Waals surface area contributed by atoms with Gasteiger partial charge in [-0.25, -0.2) is 14.4 Å². The average molecular weight is 412 g/mol. The van der Waals surface area contributed by atoms with Crippen molar-refractivity contribution in [2.45, 2.75) is 25.3 Å². The summed E-state index contributed by atoms with van der Waals surface area (Å²) in [5.74, 6) is 0.420. The van der Waals surface area contributed by atoms with Gasteiger partial charge in [0.15, 0.2) is 0 Å². The maximum atomic E-state index is 13.6. The number of ether oxygens (including phenoxy) is 1. The van der Waals surface area contributed by atoms with Gasteiger partial charge in [0.25, 0.3) is 0 Å². The van der Waals surface area contributed by atoms with Crippen molar-refractivity contribution in [2.24, 2.45) is 0 Å². The summed E-state index contributed by atoms with van der Waals surface area (Å²) in [5.41, 5.74) is 4.41. The number of morpholine rings is 1. The largest absolute Gasteiger partial charge is 0.417 e. The summed E-state index contributed by atoms with van der Waals surface area (Å²) >= 11 is 0. The lowest BCUT2D eigenvalue weighted by Crippen LogP contribution is -2.49. The fraction of sp³-hybridized carbons (Fsp3) is 0.500. The second-order valence-electron chi connectivity index (χ2n) is 7.18. The Hall–Kier alpha value is -2.69. The minimum atomic E-state index is -4.63. The summed E-state index contributed by atoms with van der Waals surface area (Å²) in [5, 5.41) is 0. The van der Waals surface area contributed by atoms with Crippen molar-refractivity contribution in [3.63, 3.8) is 0 Å². The molecule has 2 saturated heterocycles. The number of anilines is 3. The maximum Gasteiger partial charge on any atom is 0.417 e. The highest BCUT2D eigenvalue weighted by Crippen LogP contribution is 2.38. The SMILES string of the molecule is C[C@H]1COCCN1c1nc(-c2cnc(N)cc2C(F)(F)F)cc(N2CC(F)C2)n1. The first-order valence-electron chi connectivity index (χ1n) is 9.18. The quantitative estimate of drug-likeness (QED) is 0.776. The van der Waals surface area contributed by atoms with E-state index < -0.39 is 17.9 Å². The fourth-order valence-electron chi connectivity index (χ4n) is 3.40. The van der Waals surface area contributed by atoms with Crippen LogP contribution in [0.5, 0.6) is 0 Å². The van der Waals surface area contributed by atoms with E-state index in [4.69, 9.17) is 10.5 Å². The molecule has 0 spiro atoms. The van der Waals surface area contributed by atoms with Crippen LogP contribution in [0, 0.1) is 0 Å². The van der Waals surface area contributed by atoms with Crippen LogP contribution in [0.25, 0.3) is 11.3 Å². The molecule has 0 bridgehead atoms. The van der Waals surface area contributed by atoms with Crippen LogP contribution >= 0.6 is 0 Å². The lowest BCUT2D eigenvalue weighted by Gasteiger charge is -2.37. The topological polar surface area (TPSA) is 80.4 Å². The van der Waals surface area contributed by atoms with Gasteiger partial charge in [-0.3, -0.25) is 0 Å². The third-order valence-electron chi connectivity index (χ3n) is 4.99. The van der Waals surface area contributed by atoms with Crippen molar-refractivity contribution in [3.05, 3.63) is 23.9 Å². The van der Waals surface area contributed by atoms with Crippen molar-refractivity contribution in [1.82, 2.24) is 15.0 Å². The van der Waals surface area contributed by atoms with E-state index in [1.807, 2.05) is 11.8 Å². The minimum Gasteiger partial charge on any atom is -0.384 e. The lowest BCUT2D eigenvalue weighted by molar-refractivity contribution is -0.137. The van der Waals surface area contributed by atoms with Crippen molar-refractivity contribution >= 4 is 17.6 Å². The van der Waals surface area contributed by atoms with Crippen LogP contribution in [-0.4, -0.2) is 60.0 Å². The van der Waals surface area contributed by atoms with Crippen LogP contribution in [-0.2, 0) is 10.9 Å². The summed E-state index contributed by atoms with van der Waals surface area (Å²) in [6.07, 6.45) is -4.56. The van der Waals surface area contributed by atoms with Gasteiger partial charge < -0.3 is 20.3 Å². The fourth-order valence-corrected chi connectivity index (χ4v) is 3.40. The third kappa shape index (κ3) is 3.91. The molecule has 1 atom stereocenters. The Balaban J connectivity index is 1.83. The monoisotopic (exact) mass is 412 g/mol. The molecule has 4 heterocycles. The van der Waals surface area contributed by atoms with Crippen LogP contribution in [0.3, 0.4) is 0 Å². The number of nitrogens with two attached hydrogens (primary N) is 1. The molecule has 2 aliphatic rings. The van der Waals surface area contributed by atoms with Gasteiger partial charge in [-0.2, -0.15) is 18.2 Å². The highest BCUT2D eigenvalue weighted by atomic mass is 19.4. The highest BCUT2D eigenvalue weighted by Gasteiger charge is 2.36. The first-order chi connectivity index (χ1) is 13.7. The Morgan fingerprint density at radius 2 is 1.97 bits per heavy atom. The molecule has 0 aliphatic carbocycles. The number of alkyl halides is 4. The predicted molar refractivity (Wildman–Crippen MR) is 99.4 cm³/mol. The van der Waals surface area contributed by atoms with E-state index in [0.29, 0.717) is 25.6 Å². The van der Waals surface area contributed by atoms with Crippen LogP contribution in [0.15, 0.2) is 18.3 Å². The summed E-state index contributed by atoms with van der Waals surface area (Å²) < 4.78 is 59.6. The molecule has 0 aromatic carbocycles. The van der Waals surface area contributed by atoms with E-state index in [9.17, 15) is 17.6 Å². The minimum absolute atomic E-state index is 0.0520. The molecule has 156 valence electrons. The van der Waals surface area contributed by atoms with Crippen LogP contribution in [0.1, 0.15) is 12.5 Å². The summed E-state index contributed by atoms with van der Waals surface area (Å²) in [6.45, 7) is 3.61. The average Bonchev–Trinajstić information content (AvgIpc) is 2.65. The summed E-state index contributed by atoms with van der Waals surface area (Å²) in [7, 11) is 0. The van der Waals surface area contributed by atoms with Gasteiger partial charge >= 0.3 is 6.18 Å². The summed E-state index contributed by atoms with van der Waals surface area (Å²) in [4.78, 5) is 16.3. The number of pyridine rings is 1. The Bertz CT molecular complexity index is 902. The maximum absolute atomic E-state index is 13.6. The Morgan fingerprint density at radius 3 is 2.62 bits per heavy atom. The van der Waals surface area contributed by atoms with Gasteiger partial charge in [-0.05, 0) is 13.0 Å². The van der Waals surface area contributed by atoms with Crippen molar-refractivity contribution in [1.29, 1.82) is 0 Å². The van der Waals surface area contributed by atoms with Gasteiger partial charge in [0.1, 0.15) is 17.8 Å². The zero-order valence-electron chi connectivity index (χ0n) is 15.7. The zero-order valence-corrected chi connectivity index (χ0v) is 15.7. The van der Waals surface area contributed by atoms with Crippen LogP contribution < -0.4 is 15.5 Å². The van der Waals surface area contributed by atoms with Gasteiger partial charge in [0, 0.05) is 24.4 Å². The predicted octanol–water partition coefficient (Wildman–Crippen LogP) is 2.52. The molecular weight excluding hydrogens is 392 g/mol. The van der Waals surface area contributed by atoms with E-state index in [-0.39, 0.29) is 42.2 Å². The number of nitrogens with zero attached hydrogens (tertiary/aromatic N) is 5. The molecule has 0 unspecified atom stereocenters. The molecule has 2 aliphatic heterocycles. The van der Waals surface area contributed by atoms with E-state index in [1.54, 1.807) is 4.90 Å². The van der Waals surface area contributed by atoms with Gasteiger partial charge in [-0.1, -0.05) is 0 Å². The van der Waals surface area contributed by atoms with Gasteiger partial charge in [-0.15, -0.1) is 0 Å². The third-order valence-corrected chi connectivity index (χ3v) is 4.99. The van der Waals surface area contributed by atoms with Crippen LogP contribution in [0.2, 0.25) is 0 Å². The molecule has 11 heteroatoms. The molecular formula is C18H20F4N6O. The van der Waals surface area contributed by atoms with Gasteiger partial charge in [0.2, 0.25) is 5.95 Å². The first kappa shape index (κ1) is 19.6. The van der Waals surface area contributed by atoms with Crippen molar-refractivity contribution in [3.8, 4) is 11.3 Å². The standard InChI is InChI=1S/C18H20F4N6O/c1-10-9-29-3-2-28(10)17-25-14(5-16(26-17)27-7-11(19)8-27)12-6-24-15(23)4-13(12)18(20,21)22/h4-6,10-11H,2-3,7-9H2,1H3,(H2,23,24)/t10-/m0/s1. The lowest BCUT2D eigenvalue weighted by atomic mass is 10.1. The molecule has 7 nitrogen and oxygen atoms in total. The van der Waals surface area contributed by atoms with E-state index in [1.165, 1.54) is 6.07 Å². The van der Waals surface area contributed by atoms with Crippen molar-refractivity contribution in [2.75, 3.05) is 48.4 Å². The number of hydrogen-bond donors (Lipinski definition) is 1. The normalized spacial score (nSPS) is 20.7. The molecule has 2 aromatic rings. The van der Waals surface area contributed by atoms with E-state index >= 15 is 0 Å². The molecule has 2 N–H and O–H groups in total. The molecule has 0 amide bonds. The van der Waals surface area contributed by atoms with E-state index in [2.05, 4.69) is 15.0 Å². The first-order valence-corrected chi connectivity index (χ1v) is 9.18. The van der Waals surface area contributed by atoms with Gasteiger partial charge in [0.05, 0.1) is 43.6 Å². The highest BCUT2D eigenvalue weighted by molar-refractivity contribution is 5.70. The number of halogens is 4. The Kier molecular flexibility index (Phi) is 4.93. The molecule has 2 fully saturated rings. The van der Waals surface area contributed by atoms with Crippen molar-refractivity contribution < 1.29 is 22.3 Å². The second-order valence-corrected chi connectivity index (χ2v) is 7.18. The molecule has 29 heavy (non-hydrogen) atoms. The number of rotatable bonds is 3. The van der Waals surface area contributed by atoms with Crippen LogP contribution in [0.4, 0.5) is 35.1 Å². The Morgan fingerprint density at radius 1 is 1.21 bits per heavy atom. The number of aromatic nitrogens is 3. The van der Waals surface area contributed by atoms with E-state index in [0.717, 1.165) is 12.3 Å². The zero-order chi connectivity index (χ0) is 20.8. The molecule has 0 radical (unpaired) electrons.